The second kappa shape index (κ2) is 5.73. The quantitative estimate of drug-likeness (QED) is 0.856. The third-order valence-corrected chi connectivity index (χ3v) is 3.78. The molecule has 0 spiro atoms. The molecule has 0 aromatic carbocycles. The van der Waals surface area contributed by atoms with E-state index in [2.05, 4.69) is 25.2 Å². The standard InChI is InChI=1S/C13H16N4OS/c1-10-14-3-2-12(16-10)13-7-17(4-5-18-13)6-11-8-19-9-15-11/h2-3,8-9,13H,4-7H2,1H3/t13-/m0/s1. The predicted molar refractivity (Wildman–Crippen MR) is 72.9 cm³/mol. The molecule has 3 rings (SSSR count). The molecule has 1 aliphatic heterocycles. The van der Waals surface area contributed by atoms with Crippen molar-refractivity contribution in [2.45, 2.75) is 19.6 Å². The van der Waals surface area contributed by atoms with E-state index in [1.165, 1.54) is 0 Å². The van der Waals surface area contributed by atoms with Crippen LogP contribution in [0, 0.1) is 6.92 Å². The van der Waals surface area contributed by atoms with Crippen molar-refractivity contribution in [2.75, 3.05) is 19.7 Å². The van der Waals surface area contributed by atoms with Crippen LogP contribution in [-0.4, -0.2) is 39.5 Å². The first-order valence-corrected chi connectivity index (χ1v) is 7.26. The summed E-state index contributed by atoms with van der Waals surface area (Å²) in [5.74, 6) is 0.790. The van der Waals surface area contributed by atoms with Crippen LogP contribution in [0.25, 0.3) is 0 Å². The topological polar surface area (TPSA) is 51.1 Å². The first-order chi connectivity index (χ1) is 9.31. The molecule has 0 N–H and O–H groups in total. The molecule has 0 radical (unpaired) electrons. The van der Waals surface area contributed by atoms with Gasteiger partial charge < -0.3 is 4.74 Å². The molecule has 0 aliphatic carbocycles. The van der Waals surface area contributed by atoms with Crippen LogP contribution in [0.2, 0.25) is 0 Å². The Kier molecular flexibility index (Phi) is 3.82. The number of thiazole rings is 1. The fourth-order valence-corrected chi connectivity index (χ4v) is 2.77. The van der Waals surface area contributed by atoms with Gasteiger partial charge in [-0.05, 0) is 13.0 Å². The van der Waals surface area contributed by atoms with Gasteiger partial charge in [0.2, 0.25) is 0 Å². The molecule has 0 amide bonds. The fraction of sp³-hybridized carbons (Fsp3) is 0.462. The normalized spacial score (nSPS) is 20.6. The lowest BCUT2D eigenvalue weighted by atomic mass is 10.2. The molecule has 3 heterocycles. The maximum Gasteiger partial charge on any atom is 0.125 e. The molecule has 0 bridgehead atoms. The van der Waals surface area contributed by atoms with Gasteiger partial charge >= 0.3 is 0 Å². The van der Waals surface area contributed by atoms with Gasteiger partial charge in [-0.1, -0.05) is 0 Å². The van der Waals surface area contributed by atoms with Gasteiger partial charge in [-0.25, -0.2) is 15.0 Å². The first-order valence-electron chi connectivity index (χ1n) is 6.32. The van der Waals surface area contributed by atoms with Crippen LogP contribution in [0.1, 0.15) is 23.3 Å². The second-order valence-corrected chi connectivity index (χ2v) is 5.32. The van der Waals surface area contributed by atoms with Gasteiger partial charge in [0, 0.05) is 31.2 Å². The number of hydrogen-bond donors (Lipinski definition) is 0. The summed E-state index contributed by atoms with van der Waals surface area (Å²) in [5.41, 5.74) is 3.97. The summed E-state index contributed by atoms with van der Waals surface area (Å²) in [4.78, 5) is 15.3. The Morgan fingerprint density at radius 3 is 3.21 bits per heavy atom. The lowest BCUT2D eigenvalue weighted by Crippen LogP contribution is -2.38. The van der Waals surface area contributed by atoms with Crippen molar-refractivity contribution in [3.63, 3.8) is 0 Å². The molecule has 1 saturated heterocycles. The average Bonchev–Trinajstić information content (AvgIpc) is 2.92. The molecule has 6 heteroatoms. The largest absolute Gasteiger partial charge is 0.369 e. The van der Waals surface area contributed by atoms with Gasteiger partial charge in [0.05, 0.1) is 23.5 Å². The highest BCUT2D eigenvalue weighted by Gasteiger charge is 2.23. The Morgan fingerprint density at radius 2 is 2.42 bits per heavy atom. The van der Waals surface area contributed by atoms with Crippen LogP contribution in [0.4, 0.5) is 0 Å². The zero-order chi connectivity index (χ0) is 13.1. The van der Waals surface area contributed by atoms with E-state index in [0.29, 0.717) is 0 Å². The summed E-state index contributed by atoms with van der Waals surface area (Å²) < 4.78 is 5.82. The smallest absolute Gasteiger partial charge is 0.125 e. The second-order valence-electron chi connectivity index (χ2n) is 4.60. The lowest BCUT2D eigenvalue weighted by Gasteiger charge is -2.32. The van der Waals surface area contributed by atoms with Crippen LogP contribution in [0.15, 0.2) is 23.2 Å². The maximum absolute atomic E-state index is 5.82. The summed E-state index contributed by atoms with van der Waals surface area (Å²) >= 11 is 1.64. The summed E-state index contributed by atoms with van der Waals surface area (Å²) in [6.45, 7) is 5.32. The van der Waals surface area contributed by atoms with E-state index in [9.17, 15) is 0 Å². The third kappa shape index (κ3) is 3.15. The Balaban J connectivity index is 1.67. The fourth-order valence-electron chi connectivity index (χ4n) is 2.22. The van der Waals surface area contributed by atoms with Crippen molar-refractivity contribution in [1.82, 2.24) is 19.9 Å². The Bertz CT molecular complexity index is 531. The maximum atomic E-state index is 5.82. The first kappa shape index (κ1) is 12.7. The predicted octanol–water partition coefficient (Wildman–Crippen LogP) is 1.82. The van der Waals surface area contributed by atoms with E-state index in [-0.39, 0.29) is 6.10 Å². The molecule has 1 aliphatic rings. The molecule has 5 nitrogen and oxygen atoms in total. The zero-order valence-electron chi connectivity index (χ0n) is 10.8. The molecule has 0 saturated carbocycles. The number of aryl methyl sites for hydroxylation is 1. The van der Waals surface area contributed by atoms with E-state index < -0.39 is 0 Å². The van der Waals surface area contributed by atoms with Gasteiger partial charge in [0.15, 0.2) is 0 Å². The molecule has 2 aromatic rings. The molecular weight excluding hydrogens is 260 g/mol. The molecular formula is C13H16N4OS. The minimum Gasteiger partial charge on any atom is -0.369 e. The van der Waals surface area contributed by atoms with Crippen LogP contribution in [0.5, 0.6) is 0 Å². The van der Waals surface area contributed by atoms with Crippen molar-refractivity contribution in [3.05, 3.63) is 40.4 Å². The Hall–Kier alpha value is -1.37. The van der Waals surface area contributed by atoms with Gasteiger partial charge in [0.1, 0.15) is 11.9 Å². The number of aromatic nitrogens is 3. The summed E-state index contributed by atoms with van der Waals surface area (Å²) in [5, 5.41) is 2.10. The van der Waals surface area contributed by atoms with Crippen LogP contribution in [0.3, 0.4) is 0 Å². The van der Waals surface area contributed by atoms with Gasteiger partial charge in [-0.15, -0.1) is 11.3 Å². The highest BCUT2D eigenvalue weighted by molar-refractivity contribution is 7.07. The van der Waals surface area contributed by atoms with Gasteiger partial charge in [0.25, 0.3) is 0 Å². The molecule has 2 aromatic heterocycles. The van der Waals surface area contributed by atoms with Crippen molar-refractivity contribution < 1.29 is 4.74 Å². The highest BCUT2D eigenvalue weighted by Crippen LogP contribution is 2.21. The van der Waals surface area contributed by atoms with Gasteiger partial charge in [-0.2, -0.15) is 0 Å². The molecule has 1 atom stereocenters. The van der Waals surface area contributed by atoms with E-state index in [0.717, 1.165) is 43.5 Å². The molecule has 19 heavy (non-hydrogen) atoms. The van der Waals surface area contributed by atoms with Crippen LogP contribution in [-0.2, 0) is 11.3 Å². The Labute approximate surface area is 116 Å². The van der Waals surface area contributed by atoms with Crippen molar-refractivity contribution in [3.8, 4) is 0 Å². The van der Waals surface area contributed by atoms with Crippen LogP contribution >= 0.6 is 11.3 Å². The third-order valence-electron chi connectivity index (χ3n) is 3.15. The number of rotatable bonds is 3. The van der Waals surface area contributed by atoms with E-state index in [4.69, 9.17) is 4.74 Å². The van der Waals surface area contributed by atoms with Crippen molar-refractivity contribution in [2.24, 2.45) is 0 Å². The van der Waals surface area contributed by atoms with Crippen LogP contribution < -0.4 is 0 Å². The zero-order valence-corrected chi connectivity index (χ0v) is 11.6. The number of ether oxygens (including phenoxy) is 1. The number of nitrogens with zero attached hydrogens (tertiary/aromatic N) is 4. The Morgan fingerprint density at radius 1 is 1.47 bits per heavy atom. The van der Waals surface area contributed by atoms with Crippen molar-refractivity contribution >= 4 is 11.3 Å². The molecule has 100 valence electrons. The lowest BCUT2D eigenvalue weighted by molar-refractivity contribution is -0.0354. The highest BCUT2D eigenvalue weighted by atomic mass is 32.1. The van der Waals surface area contributed by atoms with E-state index >= 15 is 0 Å². The summed E-state index contributed by atoms with van der Waals surface area (Å²) in [6, 6.07) is 1.93. The monoisotopic (exact) mass is 276 g/mol. The average molecular weight is 276 g/mol. The molecule has 0 unspecified atom stereocenters. The number of morpholine rings is 1. The SMILES string of the molecule is Cc1nccc([C@@H]2CN(Cc3cscn3)CCO2)n1. The molecule has 1 fully saturated rings. The number of hydrogen-bond acceptors (Lipinski definition) is 6. The van der Waals surface area contributed by atoms with E-state index in [1.807, 2.05) is 18.5 Å². The van der Waals surface area contributed by atoms with Gasteiger partial charge in [-0.3, -0.25) is 4.90 Å². The van der Waals surface area contributed by atoms with E-state index in [1.54, 1.807) is 17.5 Å². The summed E-state index contributed by atoms with van der Waals surface area (Å²) in [6.07, 6.45) is 1.83. The minimum absolute atomic E-state index is 0.0362. The van der Waals surface area contributed by atoms with Crippen molar-refractivity contribution in [1.29, 1.82) is 0 Å². The minimum atomic E-state index is 0.0362. The summed E-state index contributed by atoms with van der Waals surface area (Å²) in [7, 11) is 0.